The van der Waals surface area contributed by atoms with E-state index in [-0.39, 0.29) is 17.3 Å². The Labute approximate surface area is 168 Å². The number of amides is 1. The van der Waals surface area contributed by atoms with Gasteiger partial charge in [0.1, 0.15) is 0 Å². The summed E-state index contributed by atoms with van der Waals surface area (Å²) in [7, 11) is -3.89. The molecule has 3 aromatic carbocycles. The summed E-state index contributed by atoms with van der Waals surface area (Å²) in [6.45, 7) is 2.05. The molecular weight excluding hydrogens is 392 g/mol. The molecule has 0 fully saturated rings. The molecule has 0 saturated heterocycles. The Kier molecular flexibility index (Phi) is 4.85. The van der Waals surface area contributed by atoms with E-state index >= 15 is 0 Å². The second-order valence-corrected chi connectivity index (χ2v) is 8.20. The third-order valence-corrected chi connectivity index (χ3v) is 5.72. The Balaban J connectivity index is 1.53. The molecule has 0 atom stereocenters. The fourth-order valence-corrected chi connectivity index (χ4v) is 3.91. The first kappa shape index (κ1) is 18.8. The SMILES string of the molecule is Cc1ccc(NC(=O)c2cccc(S(=O)(=O)Nc3ccc4c(c3)OCO4)c2)cc1. The van der Waals surface area contributed by atoms with Gasteiger partial charge in [0.2, 0.25) is 6.79 Å². The number of fused-ring (bicyclic) bond motifs is 1. The number of nitrogens with one attached hydrogen (secondary N) is 2. The molecule has 148 valence electrons. The molecule has 0 aromatic heterocycles. The number of aryl methyl sites for hydroxylation is 1. The van der Waals surface area contributed by atoms with Gasteiger partial charge in [0.25, 0.3) is 15.9 Å². The van der Waals surface area contributed by atoms with Crippen molar-refractivity contribution in [3.8, 4) is 11.5 Å². The largest absolute Gasteiger partial charge is 0.454 e. The molecule has 1 amide bonds. The zero-order valence-corrected chi connectivity index (χ0v) is 16.3. The van der Waals surface area contributed by atoms with Crippen LogP contribution >= 0.6 is 0 Å². The summed E-state index contributed by atoms with van der Waals surface area (Å²) < 4.78 is 38.5. The van der Waals surface area contributed by atoms with Crippen molar-refractivity contribution < 1.29 is 22.7 Å². The molecule has 7 nitrogen and oxygen atoms in total. The molecule has 0 unspecified atom stereocenters. The summed E-state index contributed by atoms with van der Waals surface area (Å²) in [6, 6.07) is 17.9. The van der Waals surface area contributed by atoms with Crippen LogP contribution in [0.1, 0.15) is 15.9 Å². The first-order valence-electron chi connectivity index (χ1n) is 8.81. The van der Waals surface area contributed by atoms with Crippen molar-refractivity contribution in [3.63, 3.8) is 0 Å². The molecule has 29 heavy (non-hydrogen) atoms. The maximum absolute atomic E-state index is 12.8. The molecule has 0 saturated carbocycles. The molecule has 0 radical (unpaired) electrons. The van der Waals surface area contributed by atoms with Crippen LogP contribution < -0.4 is 19.5 Å². The first-order valence-corrected chi connectivity index (χ1v) is 10.3. The minimum atomic E-state index is -3.89. The highest BCUT2D eigenvalue weighted by atomic mass is 32.2. The number of sulfonamides is 1. The lowest BCUT2D eigenvalue weighted by molar-refractivity contribution is 0.102. The van der Waals surface area contributed by atoms with Crippen LogP contribution in [0.2, 0.25) is 0 Å². The van der Waals surface area contributed by atoms with E-state index in [1.54, 1.807) is 36.4 Å². The number of carbonyl (C=O) groups excluding carboxylic acids is 1. The van der Waals surface area contributed by atoms with Crippen molar-refractivity contribution >= 4 is 27.3 Å². The van der Waals surface area contributed by atoms with Crippen LogP contribution in [0, 0.1) is 6.92 Å². The molecule has 0 aliphatic carbocycles. The van der Waals surface area contributed by atoms with Gasteiger partial charge in [0, 0.05) is 17.3 Å². The molecule has 2 N–H and O–H groups in total. The molecule has 0 bridgehead atoms. The van der Waals surface area contributed by atoms with Crippen molar-refractivity contribution in [1.29, 1.82) is 0 Å². The van der Waals surface area contributed by atoms with Crippen LogP contribution in [0.3, 0.4) is 0 Å². The lowest BCUT2D eigenvalue weighted by atomic mass is 10.2. The van der Waals surface area contributed by atoms with Gasteiger partial charge < -0.3 is 14.8 Å². The Morgan fingerprint density at radius 3 is 2.41 bits per heavy atom. The molecule has 1 heterocycles. The van der Waals surface area contributed by atoms with Gasteiger partial charge in [0.05, 0.1) is 10.6 Å². The lowest BCUT2D eigenvalue weighted by Crippen LogP contribution is -2.16. The molecule has 1 aliphatic rings. The van der Waals surface area contributed by atoms with Gasteiger partial charge in [-0.1, -0.05) is 23.8 Å². The fraction of sp³-hybridized carbons (Fsp3) is 0.0952. The van der Waals surface area contributed by atoms with Crippen LogP contribution in [0.4, 0.5) is 11.4 Å². The van der Waals surface area contributed by atoms with E-state index in [2.05, 4.69) is 10.0 Å². The number of benzene rings is 3. The van der Waals surface area contributed by atoms with Crippen LogP contribution in [-0.2, 0) is 10.0 Å². The van der Waals surface area contributed by atoms with Crippen LogP contribution in [0.25, 0.3) is 0 Å². The lowest BCUT2D eigenvalue weighted by Gasteiger charge is -2.10. The Bertz CT molecular complexity index is 1170. The monoisotopic (exact) mass is 410 g/mol. The second kappa shape index (κ2) is 7.48. The van der Waals surface area contributed by atoms with Crippen molar-refractivity contribution in [2.24, 2.45) is 0 Å². The normalized spacial score (nSPS) is 12.4. The minimum Gasteiger partial charge on any atom is -0.454 e. The molecule has 4 rings (SSSR count). The van der Waals surface area contributed by atoms with E-state index in [4.69, 9.17) is 9.47 Å². The number of hydrogen-bond donors (Lipinski definition) is 2. The summed E-state index contributed by atoms with van der Waals surface area (Å²) in [5.74, 6) is 0.633. The van der Waals surface area contributed by atoms with Gasteiger partial charge in [-0.15, -0.1) is 0 Å². The molecule has 0 spiro atoms. The van der Waals surface area contributed by atoms with Gasteiger partial charge in [-0.05, 0) is 49.4 Å². The van der Waals surface area contributed by atoms with E-state index in [0.717, 1.165) is 5.56 Å². The van der Waals surface area contributed by atoms with E-state index in [9.17, 15) is 13.2 Å². The van der Waals surface area contributed by atoms with E-state index in [0.29, 0.717) is 22.9 Å². The maximum Gasteiger partial charge on any atom is 0.261 e. The van der Waals surface area contributed by atoms with Gasteiger partial charge in [-0.25, -0.2) is 8.42 Å². The smallest absolute Gasteiger partial charge is 0.261 e. The Hall–Kier alpha value is -3.52. The summed E-state index contributed by atoms with van der Waals surface area (Å²) in [4.78, 5) is 12.5. The van der Waals surface area contributed by atoms with Crippen LogP contribution in [0.15, 0.2) is 71.6 Å². The van der Waals surface area contributed by atoms with Crippen molar-refractivity contribution in [2.45, 2.75) is 11.8 Å². The number of ether oxygens (including phenoxy) is 2. The van der Waals surface area contributed by atoms with E-state index < -0.39 is 15.9 Å². The summed E-state index contributed by atoms with van der Waals surface area (Å²) in [6.07, 6.45) is 0. The number of hydrogen-bond acceptors (Lipinski definition) is 5. The molecule has 1 aliphatic heterocycles. The predicted octanol–water partition coefficient (Wildman–Crippen LogP) is 3.78. The number of rotatable bonds is 5. The second-order valence-electron chi connectivity index (χ2n) is 6.52. The summed E-state index contributed by atoms with van der Waals surface area (Å²) >= 11 is 0. The van der Waals surface area contributed by atoms with Crippen molar-refractivity contribution in [3.05, 3.63) is 77.9 Å². The summed E-state index contributed by atoms with van der Waals surface area (Å²) in [5, 5.41) is 2.76. The topological polar surface area (TPSA) is 93.7 Å². The van der Waals surface area contributed by atoms with E-state index in [1.165, 1.54) is 18.2 Å². The third-order valence-electron chi connectivity index (χ3n) is 4.34. The van der Waals surface area contributed by atoms with Gasteiger partial charge in [-0.2, -0.15) is 0 Å². The number of carbonyl (C=O) groups is 1. The van der Waals surface area contributed by atoms with Crippen LogP contribution in [0.5, 0.6) is 11.5 Å². The van der Waals surface area contributed by atoms with E-state index in [1.807, 2.05) is 19.1 Å². The summed E-state index contributed by atoms with van der Waals surface area (Å²) in [5.41, 5.74) is 2.28. The van der Waals surface area contributed by atoms with Crippen LogP contribution in [-0.4, -0.2) is 21.1 Å². The minimum absolute atomic E-state index is 0.0216. The van der Waals surface area contributed by atoms with Crippen molar-refractivity contribution in [1.82, 2.24) is 0 Å². The van der Waals surface area contributed by atoms with Gasteiger partial charge in [0.15, 0.2) is 11.5 Å². The predicted molar refractivity (Wildman–Crippen MR) is 109 cm³/mol. The number of anilines is 2. The highest BCUT2D eigenvalue weighted by Gasteiger charge is 2.19. The van der Waals surface area contributed by atoms with Gasteiger partial charge in [-0.3, -0.25) is 9.52 Å². The maximum atomic E-state index is 12.8. The highest BCUT2D eigenvalue weighted by molar-refractivity contribution is 7.92. The Morgan fingerprint density at radius 2 is 1.62 bits per heavy atom. The Morgan fingerprint density at radius 1 is 0.897 bits per heavy atom. The third kappa shape index (κ3) is 4.17. The van der Waals surface area contributed by atoms with Crippen molar-refractivity contribution in [2.75, 3.05) is 16.8 Å². The molecular formula is C21H18N2O5S. The zero-order valence-electron chi connectivity index (χ0n) is 15.5. The first-order chi connectivity index (χ1) is 13.9. The average molecular weight is 410 g/mol. The quantitative estimate of drug-likeness (QED) is 0.668. The highest BCUT2D eigenvalue weighted by Crippen LogP contribution is 2.34. The molecule has 8 heteroatoms. The molecule has 3 aromatic rings. The standard InChI is InChI=1S/C21H18N2O5S/c1-14-5-7-16(8-6-14)22-21(24)15-3-2-4-18(11-15)29(25,26)23-17-9-10-19-20(12-17)28-13-27-19/h2-12,23H,13H2,1H3,(H,22,24). The average Bonchev–Trinajstić information content (AvgIpc) is 3.17. The zero-order chi connectivity index (χ0) is 20.4. The fourth-order valence-electron chi connectivity index (χ4n) is 2.82. The van der Waals surface area contributed by atoms with Gasteiger partial charge >= 0.3 is 0 Å².